The molecular weight excluding hydrogens is 460 g/mol. The molecule has 6 nitrogen and oxygen atoms in total. The maximum absolute atomic E-state index is 13.0. The molecule has 0 aliphatic heterocycles. The third-order valence-electron chi connectivity index (χ3n) is 4.74. The molecule has 9 heteroatoms. The number of rotatable bonds is 9. The minimum absolute atomic E-state index is 0.0656. The fraction of sp³-hybridized carbons (Fsp3) is 0.160. The quantitative estimate of drug-likeness (QED) is 0.476. The summed E-state index contributed by atoms with van der Waals surface area (Å²) in [6.45, 7) is 0.980. The van der Waals surface area contributed by atoms with Gasteiger partial charge in [-0.3, -0.25) is 14.2 Å². The van der Waals surface area contributed by atoms with Gasteiger partial charge in [0.2, 0.25) is 0 Å². The van der Waals surface area contributed by atoms with Crippen LogP contribution in [-0.4, -0.2) is 23.6 Å². The lowest BCUT2D eigenvalue weighted by Gasteiger charge is -2.06. The maximum atomic E-state index is 13.0. The van der Waals surface area contributed by atoms with Crippen LogP contribution in [0.25, 0.3) is 11.6 Å². The van der Waals surface area contributed by atoms with Gasteiger partial charge in [0.1, 0.15) is 16.5 Å². The van der Waals surface area contributed by atoms with Crippen molar-refractivity contribution in [2.45, 2.75) is 19.6 Å². The van der Waals surface area contributed by atoms with Crippen molar-refractivity contribution in [3.05, 3.63) is 97.9 Å². The molecule has 0 saturated carbocycles. The summed E-state index contributed by atoms with van der Waals surface area (Å²) >= 11 is 0.923. The van der Waals surface area contributed by atoms with Gasteiger partial charge in [0.05, 0.1) is 4.53 Å². The number of para-hydroxylation sites is 1. The number of thiazole rings is 1. The number of carbonyl (C=O) groups excluding carboxylic acids is 1. The monoisotopic (exact) mass is 481 g/mol. The number of nitriles is 1. The lowest BCUT2D eigenvalue weighted by Crippen LogP contribution is -2.35. The van der Waals surface area contributed by atoms with E-state index < -0.39 is 18.1 Å². The normalized spacial score (nSPS) is 12.2. The fourth-order valence-electron chi connectivity index (χ4n) is 3.19. The second-order valence-corrected chi connectivity index (χ2v) is 8.05. The summed E-state index contributed by atoms with van der Waals surface area (Å²) in [6.07, 6.45) is 3.45. The number of hydrogen-bond acceptors (Lipinski definition) is 5. The van der Waals surface area contributed by atoms with E-state index in [1.54, 1.807) is 6.07 Å². The highest BCUT2D eigenvalue weighted by Gasteiger charge is 2.16. The Morgan fingerprint density at radius 3 is 2.59 bits per heavy atom. The van der Waals surface area contributed by atoms with Crippen LogP contribution in [0, 0.1) is 11.3 Å². The Bertz CT molecular complexity index is 1390. The number of nitrogens with zero attached hydrogens (tertiary/aromatic N) is 2. The van der Waals surface area contributed by atoms with Crippen LogP contribution in [-0.2, 0) is 17.8 Å². The number of ether oxygens (including phenoxy) is 1. The number of carbonyl (C=O) groups is 1. The second kappa shape index (κ2) is 11.7. The number of allylic oxidation sites excluding steroid dienone is 1. The lowest BCUT2D eigenvalue weighted by atomic mass is 10.1. The van der Waals surface area contributed by atoms with Crippen molar-refractivity contribution in [2.24, 2.45) is 0 Å². The van der Waals surface area contributed by atoms with Crippen LogP contribution in [0.15, 0.2) is 72.0 Å². The number of halogens is 2. The molecule has 3 aromatic rings. The molecule has 1 aromatic heterocycles. The maximum Gasteiger partial charge on any atom is 0.387 e. The van der Waals surface area contributed by atoms with Crippen molar-refractivity contribution < 1.29 is 18.3 Å². The number of nitrogens with one attached hydrogen (secondary N) is 1. The summed E-state index contributed by atoms with van der Waals surface area (Å²) in [4.78, 5) is 25.8. The van der Waals surface area contributed by atoms with E-state index in [0.29, 0.717) is 13.0 Å². The van der Waals surface area contributed by atoms with Gasteiger partial charge in [-0.2, -0.15) is 14.0 Å². The molecule has 0 aliphatic rings. The second-order valence-electron chi connectivity index (χ2n) is 7.01. The lowest BCUT2D eigenvalue weighted by molar-refractivity contribution is -0.115. The van der Waals surface area contributed by atoms with Crippen LogP contribution >= 0.6 is 11.3 Å². The van der Waals surface area contributed by atoms with Crippen LogP contribution in [0.5, 0.6) is 5.75 Å². The molecular formula is C25H21F2N3O3S. The predicted molar refractivity (Wildman–Crippen MR) is 127 cm³/mol. The molecule has 0 bridgehead atoms. The highest BCUT2D eigenvalue weighted by atomic mass is 32.1. The largest absolute Gasteiger partial charge is 0.434 e. The SMILES string of the molecule is C=CCn1c(=C(C#N)C(=O)NCCc2ccccc2)sc(=Cc2ccccc2OC(F)F)c1=O. The van der Waals surface area contributed by atoms with Gasteiger partial charge in [-0.05, 0) is 24.1 Å². The molecule has 0 spiro atoms. The van der Waals surface area contributed by atoms with Crippen molar-refractivity contribution in [2.75, 3.05) is 6.54 Å². The van der Waals surface area contributed by atoms with E-state index in [1.807, 2.05) is 36.4 Å². The van der Waals surface area contributed by atoms with Crippen LogP contribution in [0.3, 0.4) is 0 Å². The Hall–Kier alpha value is -4.03. The summed E-state index contributed by atoms with van der Waals surface area (Å²) in [6, 6.07) is 17.5. The number of benzene rings is 2. The molecule has 1 N–H and O–H groups in total. The summed E-state index contributed by atoms with van der Waals surface area (Å²) < 4.78 is 31.6. The van der Waals surface area contributed by atoms with E-state index in [0.717, 1.165) is 16.9 Å². The molecule has 1 heterocycles. The summed E-state index contributed by atoms with van der Waals surface area (Å²) in [7, 11) is 0. The van der Waals surface area contributed by atoms with E-state index in [2.05, 4.69) is 16.6 Å². The summed E-state index contributed by atoms with van der Waals surface area (Å²) in [5.41, 5.74) is 0.609. The fourth-order valence-corrected chi connectivity index (χ4v) is 4.29. The van der Waals surface area contributed by atoms with Crippen molar-refractivity contribution in [1.29, 1.82) is 5.26 Å². The zero-order valence-electron chi connectivity index (χ0n) is 18.0. The van der Waals surface area contributed by atoms with Crippen LogP contribution in [0.4, 0.5) is 8.78 Å². The molecule has 34 heavy (non-hydrogen) atoms. The molecule has 1 amide bonds. The minimum atomic E-state index is -3.02. The first-order valence-electron chi connectivity index (χ1n) is 10.3. The predicted octanol–water partition coefficient (Wildman–Crippen LogP) is 2.56. The van der Waals surface area contributed by atoms with Gasteiger partial charge in [-0.25, -0.2) is 0 Å². The topological polar surface area (TPSA) is 84.1 Å². The van der Waals surface area contributed by atoms with E-state index in [-0.39, 0.29) is 32.6 Å². The average Bonchev–Trinajstić information content (AvgIpc) is 3.11. The molecule has 0 saturated heterocycles. The highest BCUT2D eigenvalue weighted by Crippen LogP contribution is 2.20. The Balaban J connectivity index is 2.02. The summed E-state index contributed by atoms with van der Waals surface area (Å²) in [5, 5.41) is 12.4. The first-order chi connectivity index (χ1) is 16.4. The minimum Gasteiger partial charge on any atom is -0.434 e. The highest BCUT2D eigenvalue weighted by molar-refractivity contribution is 7.07. The number of alkyl halides is 2. The Morgan fingerprint density at radius 2 is 1.91 bits per heavy atom. The van der Waals surface area contributed by atoms with Gasteiger partial charge in [-0.15, -0.1) is 17.9 Å². The van der Waals surface area contributed by atoms with E-state index >= 15 is 0 Å². The van der Waals surface area contributed by atoms with Crippen molar-refractivity contribution in [1.82, 2.24) is 9.88 Å². The smallest absolute Gasteiger partial charge is 0.387 e. The Morgan fingerprint density at radius 1 is 1.21 bits per heavy atom. The third kappa shape index (κ3) is 6.05. The average molecular weight is 482 g/mol. The standard InChI is InChI=1S/C25H21F2N3O3S/c1-2-14-30-23(32)21(15-18-10-6-7-11-20(18)33-25(26)27)34-24(30)19(16-28)22(31)29-13-12-17-8-4-3-5-9-17/h2-11,15,25H,1,12-14H2,(H,29,31). The zero-order valence-corrected chi connectivity index (χ0v) is 18.9. The van der Waals surface area contributed by atoms with Crippen molar-refractivity contribution in [3.63, 3.8) is 0 Å². The number of hydrogen-bond donors (Lipinski definition) is 1. The van der Waals surface area contributed by atoms with Crippen molar-refractivity contribution in [3.8, 4) is 11.8 Å². The molecule has 174 valence electrons. The molecule has 0 unspecified atom stereocenters. The van der Waals surface area contributed by atoms with E-state index in [1.165, 1.54) is 34.9 Å². The van der Waals surface area contributed by atoms with Crippen molar-refractivity contribution >= 4 is 28.9 Å². The summed E-state index contributed by atoms with van der Waals surface area (Å²) in [5.74, 6) is -0.698. The van der Waals surface area contributed by atoms with Gasteiger partial charge in [-0.1, -0.05) is 54.6 Å². The van der Waals surface area contributed by atoms with Gasteiger partial charge >= 0.3 is 6.61 Å². The number of aromatic nitrogens is 1. The zero-order chi connectivity index (χ0) is 24.5. The molecule has 3 rings (SSSR count). The number of amides is 1. The van der Waals surface area contributed by atoms with E-state index in [9.17, 15) is 23.6 Å². The van der Waals surface area contributed by atoms with Gasteiger partial charge < -0.3 is 10.1 Å². The Labute approximate surface area is 198 Å². The molecule has 2 aromatic carbocycles. The van der Waals surface area contributed by atoms with Gasteiger partial charge in [0.15, 0.2) is 5.57 Å². The molecule has 0 aliphatic carbocycles. The van der Waals surface area contributed by atoms with Crippen LogP contribution < -0.4 is 24.8 Å². The first-order valence-corrected chi connectivity index (χ1v) is 11.1. The molecule has 0 radical (unpaired) electrons. The van der Waals surface area contributed by atoms with Gasteiger partial charge in [0, 0.05) is 18.7 Å². The third-order valence-corrected chi connectivity index (χ3v) is 5.87. The van der Waals surface area contributed by atoms with E-state index in [4.69, 9.17) is 0 Å². The van der Waals surface area contributed by atoms with Gasteiger partial charge in [0.25, 0.3) is 11.5 Å². The van der Waals surface area contributed by atoms with Crippen LogP contribution in [0.2, 0.25) is 0 Å². The van der Waals surface area contributed by atoms with Crippen LogP contribution in [0.1, 0.15) is 11.1 Å². The molecule has 0 fully saturated rings. The first kappa shape index (κ1) is 24.6. The Kier molecular flexibility index (Phi) is 8.48. The molecule has 0 atom stereocenters.